The third kappa shape index (κ3) is 5.78. The van der Waals surface area contributed by atoms with E-state index in [-0.39, 0.29) is 44.5 Å². The van der Waals surface area contributed by atoms with E-state index < -0.39 is 29.7 Å². The highest BCUT2D eigenvalue weighted by atomic mass is 32.1. The zero-order valence-electron chi connectivity index (χ0n) is 23.3. The Hall–Kier alpha value is -4.71. The summed E-state index contributed by atoms with van der Waals surface area (Å²) in [6.45, 7) is 5.28. The second kappa shape index (κ2) is 12.2. The van der Waals surface area contributed by atoms with Gasteiger partial charge in [-0.2, -0.15) is 0 Å². The molecule has 12 heteroatoms. The highest BCUT2D eigenvalue weighted by Gasteiger charge is 2.25. The van der Waals surface area contributed by atoms with E-state index in [1.165, 1.54) is 15.5 Å². The number of aryl methyl sites for hydroxylation is 1. The van der Waals surface area contributed by atoms with Crippen molar-refractivity contribution >= 4 is 45.0 Å². The molecule has 4 rings (SSSR count). The number of hydrogen-bond acceptors (Lipinski definition) is 8. The lowest BCUT2D eigenvalue weighted by Gasteiger charge is -2.14. The number of carbonyl (C=O) groups is 3. The fraction of sp³-hybridized carbons (Fsp3) is 0.276. The standard InChI is InChI=1S/C29H30N4O7S/c1-6-39-19-14-12-18(13-15-19)33-25(35)23-17(3)24(26(36)31(4)5)41-27(23)32(29(33)38)16-22(34)30-21-11-9-8-10-20(21)28(37)40-7-2/h8-15H,6-7,16H2,1-5H3,(H,30,34). The van der Waals surface area contributed by atoms with Gasteiger partial charge in [0.15, 0.2) is 0 Å². The van der Waals surface area contributed by atoms with E-state index in [2.05, 4.69) is 5.32 Å². The van der Waals surface area contributed by atoms with Crippen LogP contribution in [0.3, 0.4) is 0 Å². The Balaban J connectivity index is 1.87. The number of para-hydroxylation sites is 1. The maximum absolute atomic E-state index is 13.8. The minimum absolute atomic E-state index is 0.158. The van der Waals surface area contributed by atoms with Gasteiger partial charge < -0.3 is 19.7 Å². The molecular weight excluding hydrogens is 548 g/mol. The van der Waals surface area contributed by atoms with Crippen LogP contribution in [0.5, 0.6) is 5.75 Å². The Morgan fingerprint density at radius 1 is 0.976 bits per heavy atom. The zero-order valence-corrected chi connectivity index (χ0v) is 24.2. The summed E-state index contributed by atoms with van der Waals surface area (Å²) in [4.78, 5) is 68.0. The van der Waals surface area contributed by atoms with Gasteiger partial charge in [0.25, 0.3) is 11.5 Å². The number of nitrogens with one attached hydrogen (secondary N) is 1. The van der Waals surface area contributed by atoms with Gasteiger partial charge in [-0.05, 0) is 62.7 Å². The van der Waals surface area contributed by atoms with Gasteiger partial charge >= 0.3 is 11.7 Å². The monoisotopic (exact) mass is 578 g/mol. The fourth-order valence-electron chi connectivity index (χ4n) is 4.29. The summed E-state index contributed by atoms with van der Waals surface area (Å²) in [6.07, 6.45) is 0. The molecule has 2 heterocycles. The van der Waals surface area contributed by atoms with Gasteiger partial charge in [-0.3, -0.25) is 19.0 Å². The summed E-state index contributed by atoms with van der Waals surface area (Å²) in [5, 5.41) is 2.83. The molecule has 1 N–H and O–H groups in total. The molecule has 0 aliphatic heterocycles. The third-order valence-corrected chi connectivity index (χ3v) is 7.52. The first kappa shape index (κ1) is 29.3. The molecule has 0 spiro atoms. The van der Waals surface area contributed by atoms with Crippen LogP contribution in [-0.2, 0) is 16.1 Å². The molecule has 0 radical (unpaired) electrons. The summed E-state index contributed by atoms with van der Waals surface area (Å²) in [5.74, 6) is -0.986. The van der Waals surface area contributed by atoms with Gasteiger partial charge in [0.2, 0.25) is 5.91 Å². The van der Waals surface area contributed by atoms with Gasteiger partial charge in [-0.25, -0.2) is 14.2 Å². The van der Waals surface area contributed by atoms with Crippen molar-refractivity contribution in [1.82, 2.24) is 14.0 Å². The second-order valence-electron chi connectivity index (χ2n) is 9.19. The van der Waals surface area contributed by atoms with Gasteiger partial charge in [-0.15, -0.1) is 11.3 Å². The molecule has 0 saturated carbocycles. The molecule has 0 saturated heterocycles. The first-order chi connectivity index (χ1) is 19.6. The normalized spacial score (nSPS) is 10.9. The first-order valence-corrected chi connectivity index (χ1v) is 13.7. The van der Waals surface area contributed by atoms with E-state index >= 15 is 0 Å². The minimum Gasteiger partial charge on any atom is -0.494 e. The van der Waals surface area contributed by atoms with Crippen LogP contribution in [0.1, 0.15) is 39.4 Å². The molecule has 0 atom stereocenters. The molecule has 0 bridgehead atoms. The van der Waals surface area contributed by atoms with Crippen LogP contribution in [0.25, 0.3) is 15.9 Å². The molecule has 2 aromatic carbocycles. The van der Waals surface area contributed by atoms with Crippen LogP contribution in [0.2, 0.25) is 0 Å². The molecule has 0 aliphatic carbocycles. The molecule has 4 aromatic rings. The lowest BCUT2D eigenvalue weighted by molar-refractivity contribution is -0.116. The number of hydrogen-bond donors (Lipinski definition) is 1. The van der Waals surface area contributed by atoms with Crippen LogP contribution in [0.4, 0.5) is 5.69 Å². The van der Waals surface area contributed by atoms with E-state index in [1.54, 1.807) is 70.4 Å². The number of anilines is 1. The maximum Gasteiger partial charge on any atom is 0.340 e. The summed E-state index contributed by atoms with van der Waals surface area (Å²) in [7, 11) is 3.18. The second-order valence-corrected chi connectivity index (χ2v) is 10.2. The van der Waals surface area contributed by atoms with E-state index in [0.29, 0.717) is 17.9 Å². The lowest BCUT2D eigenvalue weighted by atomic mass is 10.2. The Labute approximate surface area is 239 Å². The number of carbonyl (C=O) groups excluding carboxylic acids is 3. The number of rotatable bonds is 9. The summed E-state index contributed by atoms with van der Waals surface area (Å²) in [5.41, 5.74) is -0.305. The topological polar surface area (TPSA) is 129 Å². The third-order valence-electron chi connectivity index (χ3n) is 6.22. The number of aromatic nitrogens is 2. The van der Waals surface area contributed by atoms with Crippen molar-refractivity contribution in [1.29, 1.82) is 0 Å². The van der Waals surface area contributed by atoms with Gasteiger partial charge in [0.1, 0.15) is 17.1 Å². The number of amides is 2. The minimum atomic E-state index is -0.759. The molecule has 0 aliphatic rings. The van der Waals surface area contributed by atoms with Crippen LogP contribution in [-0.4, -0.2) is 59.1 Å². The number of esters is 1. The van der Waals surface area contributed by atoms with Crippen molar-refractivity contribution in [3.63, 3.8) is 0 Å². The van der Waals surface area contributed by atoms with Crippen LogP contribution >= 0.6 is 11.3 Å². The molecule has 11 nitrogen and oxygen atoms in total. The molecular formula is C29H30N4O7S. The van der Waals surface area contributed by atoms with E-state index in [9.17, 15) is 24.0 Å². The van der Waals surface area contributed by atoms with Crippen molar-refractivity contribution in [2.45, 2.75) is 27.3 Å². The molecule has 0 unspecified atom stereocenters. The molecule has 2 amide bonds. The largest absolute Gasteiger partial charge is 0.494 e. The SMILES string of the molecule is CCOC(=O)c1ccccc1NC(=O)Cn1c(=O)n(-c2ccc(OCC)cc2)c(=O)c2c(C)c(C(=O)N(C)C)sc21. The van der Waals surface area contributed by atoms with Gasteiger partial charge in [0, 0.05) is 14.1 Å². The molecule has 0 fully saturated rings. The number of nitrogens with zero attached hydrogens (tertiary/aromatic N) is 3. The Bertz CT molecular complexity index is 1750. The van der Waals surface area contributed by atoms with Gasteiger partial charge in [-0.1, -0.05) is 12.1 Å². The Morgan fingerprint density at radius 3 is 2.29 bits per heavy atom. The predicted octanol–water partition coefficient (Wildman–Crippen LogP) is 3.44. The Kier molecular flexibility index (Phi) is 8.72. The summed E-state index contributed by atoms with van der Waals surface area (Å²) in [6, 6.07) is 12.8. The number of fused-ring (bicyclic) bond motifs is 1. The average Bonchev–Trinajstić information content (AvgIpc) is 3.29. The van der Waals surface area contributed by atoms with Crippen LogP contribution in [0.15, 0.2) is 58.1 Å². The summed E-state index contributed by atoms with van der Waals surface area (Å²) < 4.78 is 12.7. The molecule has 41 heavy (non-hydrogen) atoms. The fourth-order valence-corrected chi connectivity index (χ4v) is 5.60. The van der Waals surface area contributed by atoms with Gasteiger partial charge in [0.05, 0.1) is 40.4 Å². The quantitative estimate of drug-likeness (QED) is 0.301. The smallest absolute Gasteiger partial charge is 0.340 e. The van der Waals surface area contributed by atoms with Crippen molar-refractivity contribution < 1.29 is 23.9 Å². The highest BCUT2D eigenvalue weighted by molar-refractivity contribution is 7.20. The average molecular weight is 579 g/mol. The van der Waals surface area contributed by atoms with Crippen molar-refractivity contribution in [2.24, 2.45) is 0 Å². The number of thiophene rings is 1. The lowest BCUT2D eigenvalue weighted by Crippen LogP contribution is -2.40. The number of benzene rings is 2. The molecule has 214 valence electrons. The van der Waals surface area contributed by atoms with Crippen molar-refractivity contribution in [3.05, 3.63) is 85.4 Å². The predicted molar refractivity (Wildman–Crippen MR) is 157 cm³/mol. The van der Waals surface area contributed by atoms with E-state index in [1.807, 2.05) is 6.92 Å². The van der Waals surface area contributed by atoms with Crippen molar-refractivity contribution in [2.75, 3.05) is 32.6 Å². The Morgan fingerprint density at radius 2 is 1.66 bits per heavy atom. The summed E-state index contributed by atoms with van der Waals surface area (Å²) >= 11 is 0.975. The van der Waals surface area contributed by atoms with Crippen molar-refractivity contribution in [3.8, 4) is 11.4 Å². The van der Waals surface area contributed by atoms with E-state index in [0.717, 1.165) is 15.9 Å². The van der Waals surface area contributed by atoms with Crippen LogP contribution in [0, 0.1) is 6.92 Å². The van der Waals surface area contributed by atoms with Crippen LogP contribution < -0.4 is 21.3 Å². The zero-order chi connectivity index (χ0) is 29.8. The molecule has 2 aromatic heterocycles. The van der Waals surface area contributed by atoms with E-state index in [4.69, 9.17) is 9.47 Å². The maximum atomic E-state index is 13.8. The highest BCUT2D eigenvalue weighted by Crippen LogP contribution is 2.29. The number of ether oxygens (including phenoxy) is 2. The first-order valence-electron chi connectivity index (χ1n) is 12.9.